The number of ether oxygens (including phenoxy) is 1. The first-order chi connectivity index (χ1) is 15.9. The van der Waals surface area contributed by atoms with E-state index in [1.165, 1.54) is 0 Å². The summed E-state index contributed by atoms with van der Waals surface area (Å²) in [4.78, 5) is 50.0. The molecule has 8 nitrogen and oxygen atoms in total. The van der Waals surface area contributed by atoms with E-state index in [0.717, 1.165) is 24.5 Å². The van der Waals surface area contributed by atoms with Crippen molar-refractivity contribution in [3.05, 3.63) is 48.6 Å². The van der Waals surface area contributed by atoms with Gasteiger partial charge in [0.2, 0.25) is 11.8 Å². The van der Waals surface area contributed by atoms with Gasteiger partial charge in [0.05, 0.1) is 6.04 Å². The summed E-state index contributed by atoms with van der Waals surface area (Å²) in [6.07, 6.45) is 3.94. The van der Waals surface area contributed by atoms with Crippen molar-refractivity contribution in [3.63, 3.8) is 0 Å². The Balaban J connectivity index is 1.63. The molecule has 8 heteroatoms. The Morgan fingerprint density at radius 2 is 1.88 bits per heavy atom. The van der Waals surface area contributed by atoms with Gasteiger partial charge < -0.3 is 20.7 Å². The summed E-state index contributed by atoms with van der Waals surface area (Å²) in [5, 5.41) is 8.17. The second-order valence-corrected chi connectivity index (χ2v) is 8.99. The zero-order chi connectivity index (χ0) is 23.8. The highest BCUT2D eigenvalue weighted by molar-refractivity contribution is 5.98. The van der Waals surface area contributed by atoms with Crippen LogP contribution in [0.15, 0.2) is 43.0 Å². The zero-order valence-electron chi connectivity index (χ0n) is 19.0. The molecule has 3 N–H and O–H groups in total. The second kappa shape index (κ2) is 11.6. The maximum Gasteiger partial charge on any atom is 0.408 e. The predicted molar refractivity (Wildman–Crippen MR) is 123 cm³/mol. The van der Waals surface area contributed by atoms with E-state index in [-0.39, 0.29) is 36.6 Å². The summed E-state index contributed by atoms with van der Waals surface area (Å²) in [5.41, 5.74) is 0.839. The molecule has 1 saturated heterocycles. The second-order valence-electron chi connectivity index (χ2n) is 8.99. The van der Waals surface area contributed by atoms with Crippen LogP contribution in [0.1, 0.15) is 44.6 Å². The van der Waals surface area contributed by atoms with Gasteiger partial charge in [-0.1, -0.05) is 43.8 Å². The first kappa shape index (κ1) is 24.5. The van der Waals surface area contributed by atoms with E-state index >= 15 is 0 Å². The molecule has 1 aromatic rings. The van der Waals surface area contributed by atoms with Gasteiger partial charge in [0, 0.05) is 12.5 Å². The van der Waals surface area contributed by atoms with Crippen LogP contribution in [0.2, 0.25) is 0 Å². The Kier molecular flexibility index (Phi) is 8.63. The van der Waals surface area contributed by atoms with Crippen LogP contribution in [0, 0.1) is 17.8 Å². The van der Waals surface area contributed by atoms with Crippen LogP contribution in [0.3, 0.4) is 0 Å². The van der Waals surface area contributed by atoms with Crippen LogP contribution in [0.5, 0.6) is 0 Å². The van der Waals surface area contributed by atoms with Gasteiger partial charge >= 0.3 is 6.09 Å². The molecule has 1 aliphatic carbocycles. The molecule has 2 aliphatic rings. The Bertz CT molecular complexity index is 868. The number of hydrogen-bond donors (Lipinski definition) is 3. The number of nitrogens with one attached hydrogen (secondary N) is 3. The van der Waals surface area contributed by atoms with Crippen molar-refractivity contribution in [2.45, 2.75) is 57.7 Å². The van der Waals surface area contributed by atoms with Crippen molar-refractivity contribution in [2.24, 2.45) is 17.8 Å². The van der Waals surface area contributed by atoms with E-state index in [2.05, 4.69) is 29.5 Å². The van der Waals surface area contributed by atoms with E-state index in [1.54, 1.807) is 0 Å². The fraction of sp³-hybridized carbons (Fsp3) is 0.520. The lowest BCUT2D eigenvalue weighted by molar-refractivity contribution is -0.129. The number of hydrogen-bond acceptors (Lipinski definition) is 5. The van der Waals surface area contributed by atoms with Crippen LogP contribution < -0.4 is 16.0 Å². The summed E-state index contributed by atoms with van der Waals surface area (Å²) < 4.78 is 5.30. The van der Waals surface area contributed by atoms with E-state index in [0.29, 0.717) is 25.3 Å². The number of benzene rings is 1. The summed E-state index contributed by atoms with van der Waals surface area (Å²) in [6, 6.07) is 7.55. The van der Waals surface area contributed by atoms with Gasteiger partial charge in [-0.15, -0.1) is 0 Å². The van der Waals surface area contributed by atoms with Gasteiger partial charge in [-0.3, -0.25) is 14.4 Å². The first-order valence-corrected chi connectivity index (χ1v) is 11.6. The molecular weight excluding hydrogens is 422 g/mol. The topological polar surface area (TPSA) is 114 Å². The number of ketones is 1. The van der Waals surface area contributed by atoms with Crippen LogP contribution in [0.4, 0.5) is 4.79 Å². The minimum Gasteiger partial charge on any atom is -0.445 e. The Hall–Kier alpha value is -3.16. The van der Waals surface area contributed by atoms with Gasteiger partial charge in [0.1, 0.15) is 12.6 Å². The quantitative estimate of drug-likeness (QED) is 0.419. The molecule has 3 rings (SSSR count). The van der Waals surface area contributed by atoms with Gasteiger partial charge in [-0.05, 0) is 55.6 Å². The summed E-state index contributed by atoms with van der Waals surface area (Å²) in [6.45, 7) is 6.23. The SMILES string of the molecule is C=CC(=O)[C@H](C[C@@H]1CCNC1=O)NC(=O)[C@H](C[C@@H](C)C1CC1)NC(=O)OCc1ccccc1. The number of rotatable bonds is 12. The van der Waals surface area contributed by atoms with E-state index in [4.69, 9.17) is 4.74 Å². The molecule has 1 heterocycles. The number of alkyl carbamates (subject to hydrolysis) is 1. The molecule has 33 heavy (non-hydrogen) atoms. The van der Waals surface area contributed by atoms with Crippen molar-refractivity contribution >= 4 is 23.7 Å². The van der Waals surface area contributed by atoms with Crippen molar-refractivity contribution in [1.82, 2.24) is 16.0 Å². The molecule has 0 unspecified atom stereocenters. The highest BCUT2D eigenvalue weighted by atomic mass is 16.5. The molecule has 1 aromatic carbocycles. The van der Waals surface area contributed by atoms with E-state index in [9.17, 15) is 19.2 Å². The normalized spacial score (nSPS) is 20.2. The predicted octanol–water partition coefficient (Wildman–Crippen LogP) is 2.48. The van der Waals surface area contributed by atoms with Crippen LogP contribution >= 0.6 is 0 Å². The fourth-order valence-corrected chi connectivity index (χ4v) is 4.18. The van der Waals surface area contributed by atoms with Crippen molar-refractivity contribution in [3.8, 4) is 0 Å². The average Bonchev–Trinajstić information content (AvgIpc) is 3.59. The highest BCUT2D eigenvalue weighted by Gasteiger charge is 2.35. The molecule has 0 radical (unpaired) electrons. The van der Waals surface area contributed by atoms with Crippen LogP contribution in [0.25, 0.3) is 0 Å². The minimum absolute atomic E-state index is 0.0908. The molecule has 4 atom stereocenters. The lowest BCUT2D eigenvalue weighted by Gasteiger charge is -2.25. The van der Waals surface area contributed by atoms with Gasteiger partial charge in [0.15, 0.2) is 5.78 Å². The van der Waals surface area contributed by atoms with Crippen molar-refractivity contribution in [1.29, 1.82) is 0 Å². The molecule has 0 aromatic heterocycles. The Morgan fingerprint density at radius 1 is 1.15 bits per heavy atom. The fourth-order valence-electron chi connectivity index (χ4n) is 4.18. The lowest BCUT2D eigenvalue weighted by atomic mass is 9.94. The number of amides is 3. The molecular formula is C25H33N3O5. The molecule has 178 valence electrons. The van der Waals surface area contributed by atoms with Crippen molar-refractivity contribution < 1.29 is 23.9 Å². The standard InChI is InChI=1S/C25H33N3O5/c1-3-22(29)20(14-19-11-12-26-23(19)30)27-24(31)21(13-16(2)18-9-10-18)28-25(32)33-15-17-7-5-4-6-8-17/h3-8,16,18-21H,1,9-15H2,2H3,(H,26,30)(H,27,31)(H,28,32)/t16-,19+,20+,21+/m1/s1. The van der Waals surface area contributed by atoms with Crippen molar-refractivity contribution in [2.75, 3.05) is 6.54 Å². The maximum atomic E-state index is 13.1. The van der Waals surface area contributed by atoms with E-state index in [1.807, 2.05) is 30.3 Å². The highest BCUT2D eigenvalue weighted by Crippen LogP contribution is 2.38. The largest absolute Gasteiger partial charge is 0.445 e. The lowest BCUT2D eigenvalue weighted by Crippen LogP contribution is -2.52. The van der Waals surface area contributed by atoms with Crippen LogP contribution in [-0.4, -0.2) is 42.3 Å². The third kappa shape index (κ3) is 7.44. The Morgan fingerprint density at radius 3 is 2.48 bits per heavy atom. The third-order valence-corrected chi connectivity index (χ3v) is 6.40. The smallest absolute Gasteiger partial charge is 0.408 e. The molecule has 2 fully saturated rings. The third-order valence-electron chi connectivity index (χ3n) is 6.40. The average molecular weight is 456 g/mol. The summed E-state index contributed by atoms with van der Waals surface area (Å²) in [7, 11) is 0. The monoisotopic (exact) mass is 455 g/mol. The molecule has 0 spiro atoms. The van der Waals surface area contributed by atoms with Gasteiger partial charge in [-0.25, -0.2) is 4.79 Å². The molecule has 1 saturated carbocycles. The van der Waals surface area contributed by atoms with Gasteiger partial charge in [0.25, 0.3) is 0 Å². The summed E-state index contributed by atoms with van der Waals surface area (Å²) in [5.74, 6) is -0.500. The number of carbonyl (C=O) groups is 4. The Labute approximate surface area is 194 Å². The summed E-state index contributed by atoms with van der Waals surface area (Å²) >= 11 is 0. The molecule has 3 amide bonds. The molecule has 0 bridgehead atoms. The first-order valence-electron chi connectivity index (χ1n) is 11.6. The maximum absolute atomic E-state index is 13.1. The zero-order valence-corrected chi connectivity index (χ0v) is 19.0. The van der Waals surface area contributed by atoms with Crippen LogP contribution in [-0.2, 0) is 25.7 Å². The molecule has 1 aliphatic heterocycles. The number of carbonyl (C=O) groups excluding carboxylic acids is 4. The van der Waals surface area contributed by atoms with E-state index < -0.39 is 24.1 Å². The minimum atomic E-state index is -0.871. The van der Waals surface area contributed by atoms with Gasteiger partial charge in [-0.2, -0.15) is 0 Å².